The maximum Gasteiger partial charge on any atom is 0.0443 e. The van der Waals surface area contributed by atoms with Crippen LogP contribution in [0, 0.1) is 0 Å². The molecule has 0 rings (SSSR count). The molecule has 0 aromatic heterocycles. The van der Waals surface area contributed by atoms with Gasteiger partial charge in [0.2, 0.25) is 0 Å². The third-order valence-corrected chi connectivity index (χ3v) is 0.839. The van der Waals surface area contributed by atoms with Crippen LogP contribution in [0.4, 0.5) is 0 Å². The molecule has 0 saturated heterocycles. The molecule has 0 saturated carbocycles. The molecule has 0 heterocycles. The van der Waals surface area contributed by atoms with Crippen molar-refractivity contribution in [3.05, 3.63) is 11.8 Å². The summed E-state index contributed by atoms with van der Waals surface area (Å²) >= 11 is 0. The van der Waals surface area contributed by atoms with E-state index >= 15 is 0 Å². The van der Waals surface area contributed by atoms with Crippen LogP contribution in [0.5, 0.6) is 0 Å². The SMILES string of the molecule is C/C(C=NC(C)C)=C/N.CC.CC. The molecule has 0 aliphatic carbocycles. The Morgan fingerprint density at radius 3 is 1.77 bits per heavy atom. The normalized spacial score (nSPS) is 10.3. The van der Waals surface area contributed by atoms with E-state index in [1.807, 2.05) is 48.5 Å². The van der Waals surface area contributed by atoms with Gasteiger partial charge in [-0.25, -0.2) is 0 Å². The monoisotopic (exact) mass is 186 g/mol. The molecule has 0 aliphatic heterocycles. The molecular weight excluding hydrogens is 160 g/mol. The third kappa shape index (κ3) is 24.7. The summed E-state index contributed by atoms with van der Waals surface area (Å²) < 4.78 is 0. The van der Waals surface area contributed by atoms with Crippen molar-refractivity contribution in [1.29, 1.82) is 0 Å². The van der Waals surface area contributed by atoms with Crippen molar-refractivity contribution in [2.24, 2.45) is 10.7 Å². The predicted octanol–water partition coefficient (Wildman–Crippen LogP) is 3.38. The first-order chi connectivity index (χ1) is 6.16. The zero-order valence-corrected chi connectivity index (χ0v) is 10.3. The standard InChI is InChI=1S/C7H14N2.2C2H6/c1-6(2)9-5-7(3)4-8;2*1-2/h4-6H,8H2,1-3H3;2*1-2H3/b7-4-,9-5?;;. The fourth-order valence-corrected chi connectivity index (χ4v) is 0.310. The van der Waals surface area contributed by atoms with Gasteiger partial charge in [0.05, 0.1) is 0 Å². The summed E-state index contributed by atoms with van der Waals surface area (Å²) in [5, 5.41) is 0. The Kier molecular flexibility index (Phi) is 24.1. The molecule has 0 aromatic carbocycles. The number of hydrogen-bond acceptors (Lipinski definition) is 2. The molecule has 2 nitrogen and oxygen atoms in total. The summed E-state index contributed by atoms with van der Waals surface area (Å²) in [6, 6.07) is 0.361. The van der Waals surface area contributed by atoms with Crippen LogP contribution in [-0.2, 0) is 0 Å². The van der Waals surface area contributed by atoms with Gasteiger partial charge in [-0.1, -0.05) is 27.7 Å². The summed E-state index contributed by atoms with van der Waals surface area (Å²) in [6.07, 6.45) is 3.33. The van der Waals surface area contributed by atoms with Gasteiger partial charge in [-0.3, -0.25) is 4.99 Å². The Morgan fingerprint density at radius 1 is 1.15 bits per heavy atom. The van der Waals surface area contributed by atoms with Crippen LogP contribution in [0.3, 0.4) is 0 Å². The molecule has 2 N–H and O–H groups in total. The minimum Gasteiger partial charge on any atom is -0.404 e. The number of hydrogen-bond donors (Lipinski definition) is 1. The minimum atomic E-state index is 0.361. The van der Waals surface area contributed by atoms with Crippen LogP contribution in [-0.4, -0.2) is 12.3 Å². The lowest BCUT2D eigenvalue weighted by atomic mass is 10.3. The summed E-state index contributed by atoms with van der Waals surface area (Å²) in [7, 11) is 0. The first kappa shape index (κ1) is 18.1. The van der Waals surface area contributed by atoms with E-state index in [9.17, 15) is 0 Å². The number of rotatable bonds is 2. The van der Waals surface area contributed by atoms with Crippen molar-refractivity contribution < 1.29 is 0 Å². The lowest BCUT2D eigenvalue weighted by Crippen LogP contribution is -1.91. The molecule has 2 heteroatoms. The second-order valence-corrected chi connectivity index (χ2v) is 2.28. The van der Waals surface area contributed by atoms with Gasteiger partial charge in [-0.2, -0.15) is 0 Å². The molecule has 0 unspecified atom stereocenters. The summed E-state index contributed by atoms with van der Waals surface area (Å²) in [6.45, 7) is 14.0. The quantitative estimate of drug-likeness (QED) is 0.660. The zero-order chi connectivity index (χ0) is 11.3. The highest BCUT2D eigenvalue weighted by Gasteiger charge is 1.83. The largest absolute Gasteiger partial charge is 0.404 e. The molecule has 0 aromatic rings. The number of nitrogens with zero attached hydrogens (tertiary/aromatic N) is 1. The number of aliphatic imine (C=N–C) groups is 1. The van der Waals surface area contributed by atoms with Gasteiger partial charge in [0.15, 0.2) is 0 Å². The van der Waals surface area contributed by atoms with E-state index in [0.717, 1.165) is 5.57 Å². The van der Waals surface area contributed by atoms with Gasteiger partial charge in [0.1, 0.15) is 0 Å². The lowest BCUT2D eigenvalue weighted by molar-refractivity contribution is 0.840. The Labute approximate surface area is 83.9 Å². The molecule has 0 amide bonds. The van der Waals surface area contributed by atoms with Crippen molar-refractivity contribution in [2.45, 2.75) is 54.5 Å². The summed E-state index contributed by atoms with van der Waals surface area (Å²) in [4.78, 5) is 4.12. The van der Waals surface area contributed by atoms with Gasteiger partial charge in [-0.05, 0) is 32.5 Å². The van der Waals surface area contributed by atoms with Gasteiger partial charge in [0, 0.05) is 12.3 Å². The van der Waals surface area contributed by atoms with E-state index in [-0.39, 0.29) is 0 Å². The van der Waals surface area contributed by atoms with Crippen molar-refractivity contribution in [3.63, 3.8) is 0 Å². The molecule has 13 heavy (non-hydrogen) atoms. The topological polar surface area (TPSA) is 38.4 Å². The first-order valence-electron chi connectivity index (χ1n) is 5.08. The second kappa shape index (κ2) is 17.3. The van der Waals surface area contributed by atoms with Crippen LogP contribution < -0.4 is 5.73 Å². The van der Waals surface area contributed by atoms with Gasteiger partial charge < -0.3 is 5.73 Å². The van der Waals surface area contributed by atoms with Crippen LogP contribution in [0.25, 0.3) is 0 Å². The van der Waals surface area contributed by atoms with Gasteiger partial charge in [0.25, 0.3) is 0 Å². The number of nitrogens with two attached hydrogens (primary N) is 1. The molecule has 0 aliphatic rings. The molecule has 0 bridgehead atoms. The summed E-state index contributed by atoms with van der Waals surface area (Å²) in [5.74, 6) is 0. The van der Waals surface area contributed by atoms with Crippen molar-refractivity contribution in [3.8, 4) is 0 Å². The third-order valence-electron chi connectivity index (χ3n) is 0.839. The number of allylic oxidation sites excluding steroid dienone is 1. The van der Waals surface area contributed by atoms with Crippen LogP contribution >= 0.6 is 0 Å². The van der Waals surface area contributed by atoms with E-state index in [1.165, 1.54) is 0 Å². The van der Waals surface area contributed by atoms with E-state index in [2.05, 4.69) is 4.99 Å². The molecule has 0 fully saturated rings. The van der Waals surface area contributed by atoms with Crippen molar-refractivity contribution >= 4 is 6.21 Å². The van der Waals surface area contributed by atoms with Crippen LogP contribution in [0.1, 0.15) is 48.5 Å². The molecule has 0 spiro atoms. The Balaban J connectivity index is -0.000000218. The van der Waals surface area contributed by atoms with E-state index in [4.69, 9.17) is 5.73 Å². The van der Waals surface area contributed by atoms with Gasteiger partial charge in [-0.15, -0.1) is 0 Å². The van der Waals surface area contributed by atoms with E-state index in [0.29, 0.717) is 6.04 Å². The molecular formula is C11H26N2. The fourth-order valence-electron chi connectivity index (χ4n) is 0.310. The molecule has 0 radical (unpaired) electrons. The molecule has 0 atom stereocenters. The van der Waals surface area contributed by atoms with E-state index in [1.54, 1.807) is 12.4 Å². The zero-order valence-electron chi connectivity index (χ0n) is 10.3. The Bertz CT molecular complexity index is 124. The van der Waals surface area contributed by atoms with Crippen molar-refractivity contribution in [2.75, 3.05) is 0 Å². The average Bonchev–Trinajstić information content (AvgIpc) is 2.20. The fraction of sp³-hybridized carbons (Fsp3) is 0.727. The second-order valence-electron chi connectivity index (χ2n) is 2.28. The highest BCUT2D eigenvalue weighted by atomic mass is 14.7. The predicted molar refractivity (Wildman–Crippen MR) is 64.3 cm³/mol. The molecule has 80 valence electrons. The maximum absolute atomic E-state index is 5.20. The Hall–Kier alpha value is -0.790. The maximum atomic E-state index is 5.20. The van der Waals surface area contributed by atoms with Crippen LogP contribution in [0.2, 0.25) is 0 Å². The average molecular weight is 186 g/mol. The minimum absolute atomic E-state index is 0.361. The summed E-state index contributed by atoms with van der Waals surface area (Å²) in [5.41, 5.74) is 6.21. The smallest absolute Gasteiger partial charge is 0.0443 e. The van der Waals surface area contributed by atoms with Gasteiger partial charge >= 0.3 is 0 Å². The van der Waals surface area contributed by atoms with Crippen molar-refractivity contribution in [1.82, 2.24) is 0 Å². The first-order valence-corrected chi connectivity index (χ1v) is 5.08. The lowest BCUT2D eigenvalue weighted by Gasteiger charge is -1.92. The van der Waals surface area contributed by atoms with E-state index < -0.39 is 0 Å². The Morgan fingerprint density at radius 2 is 1.54 bits per heavy atom. The highest BCUT2D eigenvalue weighted by molar-refractivity contribution is 5.77. The highest BCUT2D eigenvalue weighted by Crippen LogP contribution is 1.87. The van der Waals surface area contributed by atoms with Crippen LogP contribution in [0.15, 0.2) is 16.8 Å².